The normalized spacial score (nSPS) is 17.7. The first-order chi connectivity index (χ1) is 14.0. The molecule has 1 heterocycles. The molecule has 0 aliphatic carbocycles. The van der Waals surface area contributed by atoms with E-state index in [4.69, 9.17) is 9.47 Å². The van der Waals surface area contributed by atoms with Gasteiger partial charge in [-0.2, -0.15) is 4.31 Å². The number of methoxy groups -OCH3 is 1. The molecule has 0 spiro atoms. The first kappa shape index (κ1) is 22.1. The summed E-state index contributed by atoms with van der Waals surface area (Å²) in [5.74, 6) is 0.956. The Morgan fingerprint density at radius 3 is 2.53 bits per heavy atom. The fourth-order valence-electron chi connectivity index (χ4n) is 3.51. The topological polar surface area (TPSA) is 84.9 Å². The molecule has 0 radical (unpaired) electrons. The molecule has 7 nitrogen and oxygen atoms in total. The molecule has 0 bridgehead atoms. The number of hydrogen-bond acceptors (Lipinski definition) is 5. The van der Waals surface area contributed by atoms with Crippen molar-refractivity contribution in [2.75, 3.05) is 20.7 Å². The Morgan fingerprint density at radius 2 is 1.90 bits per heavy atom. The number of benzene rings is 2. The van der Waals surface area contributed by atoms with Crippen LogP contribution in [0.25, 0.3) is 0 Å². The third kappa shape index (κ3) is 4.76. The first-order valence-electron chi connectivity index (χ1n) is 9.71. The Labute approximate surface area is 178 Å². The Kier molecular flexibility index (Phi) is 6.10. The summed E-state index contributed by atoms with van der Waals surface area (Å²) < 4.78 is 37.9. The Balaban J connectivity index is 1.76. The van der Waals surface area contributed by atoms with Crippen molar-refractivity contribution in [3.63, 3.8) is 0 Å². The minimum atomic E-state index is -3.76. The zero-order valence-electron chi connectivity index (χ0n) is 17.9. The molecule has 30 heavy (non-hydrogen) atoms. The van der Waals surface area contributed by atoms with Crippen molar-refractivity contribution in [1.29, 1.82) is 0 Å². The minimum Gasteiger partial charge on any atom is -0.497 e. The number of carbonyl (C=O) groups excluding carboxylic acids is 1. The van der Waals surface area contributed by atoms with E-state index in [1.54, 1.807) is 37.4 Å². The molecule has 1 atom stereocenters. The first-order valence-corrected chi connectivity index (χ1v) is 11.2. The van der Waals surface area contributed by atoms with E-state index in [-0.39, 0.29) is 23.4 Å². The molecule has 3 rings (SSSR count). The number of nitrogens with zero attached hydrogens (tertiary/aromatic N) is 1. The van der Waals surface area contributed by atoms with Crippen molar-refractivity contribution in [1.82, 2.24) is 9.62 Å². The van der Waals surface area contributed by atoms with Gasteiger partial charge in [-0.15, -0.1) is 0 Å². The van der Waals surface area contributed by atoms with Crippen LogP contribution in [0.1, 0.15) is 37.4 Å². The third-order valence-corrected chi connectivity index (χ3v) is 6.92. The number of likely N-dealkylation sites (N-methyl/N-ethyl adjacent to an activating group) is 1. The van der Waals surface area contributed by atoms with Crippen LogP contribution in [0.5, 0.6) is 11.5 Å². The molecular weight excluding hydrogens is 404 g/mol. The van der Waals surface area contributed by atoms with Crippen LogP contribution in [0.3, 0.4) is 0 Å². The van der Waals surface area contributed by atoms with Crippen molar-refractivity contribution in [3.8, 4) is 11.5 Å². The Bertz CT molecular complexity index is 1030. The van der Waals surface area contributed by atoms with Crippen LogP contribution in [-0.2, 0) is 14.8 Å². The van der Waals surface area contributed by atoms with Gasteiger partial charge < -0.3 is 14.8 Å². The maximum Gasteiger partial charge on any atom is 0.243 e. The summed E-state index contributed by atoms with van der Waals surface area (Å²) in [5, 5.41) is 2.96. The van der Waals surface area contributed by atoms with Crippen molar-refractivity contribution in [2.45, 2.75) is 43.7 Å². The molecule has 1 N–H and O–H groups in total. The van der Waals surface area contributed by atoms with E-state index >= 15 is 0 Å². The number of ether oxygens (including phenoxy) is 2. The van der Waals surface area contributed by atoms with Crippen molar-refractivity contribution >= 4 is 15.9 Å². The highest BCUT2D eigenvalue weighted by Crippen LogP contribution is 2.41. The fraction of sp³-hybridized carbons (Fsp3) is 0.409. The van der Waals surface area contributed by atoms with Gasteiger partial charge in [0, 0.05) is 19.0 Å². The van der Waals surface area contributed by atoms with Gasteiger partial charge in [0.15, 0.2) is 0 Å². The summed E-state index contributed by atoms with van der Waals surface area (Å²) in [7, 11) is -0.778. The molecule has 0 fully saturated rings. The number of nitrogens with one attached hydrogen (secondary N) is 1. The molecule has 1 aliphatic heterocycles. The summed E-state index contributed by atoms with van der Waals surface area (Å²) in [5.41, 5.74) is 1.30. The number of hydrogen-bond donors (Lipinski definition) is 1. The predicted molar refractivity (Wildman–Crippen MR) is 114 cm³/mol. The van der Waals surface area contributed by atoms with Gasteiger partial charge >= 0.3 is 0 Å². The van der Waals surface area contributed by atoms with E-state index in [9.17, 15) is 13.2 Å². The number of rotatable bonds is 6. The molecule has 0 aromatic heterocycles. The summed E-state index contributed by atoms with van der Waals surface area (Å²) in [6.07, 6.45) is 0.549. The lowest BCUT2D eigenvalue weighted by Gasteiger charge is -2.38. The maximum absolute atomic E-state index is 12.8. The molecule has 2 aromatic carbocycles. The number of carbonyl (C=O) groups is 1. The largest absolute Gasteiger partial charge is 0.497 e. The monoisotopic (exact) mass is 432 g/mol. The van der Waals surface area contributed by atoms with E-state index in [0.717, 1.165) is 15.4 Å². The van der Waals surface area contributed by atoms with Crippen LogP contribution in [-0.4, -0.2) is 44.9 Å². The Hall–Kier alpha value is -2.58. The van der Waals surface area contributed by atoms with Gasteiger partial charge in [-0.3, -0.25) is 4.79 Å². The van der Waals surface area contributed by atoms with Gasteiger partial charge in [0.25, 0.3) is 0 Å². The van der Waals surface area contributed by atoms with Gasteiger partial charge in [-0.25, -0.2) is 8.42 Å². The quantitative estimate of drug-likeness (QED) is 0.758. The number of amides is 1. The SMILES string of the molecule is COc1ccc2c(c1)[C@H](NC(=O)CN(C)S(=O)(=O)c1ccc(C)cc1)CC(C)(C)O2. The summed E-state index contributed by atoms with van der Waals surface area (Å²) >= 11 is 0. The summed E-state index contributed by atoms with van der Waals surface area (Å²) in [6, 6.07) is 11.7. The highest BCUT2D eigenvalue weighted by molar-refractivity contribution is 7.89. The number of sulfonamides is 1. The van der Waals surface area contributed by atoms with Gasteiger partial charge in [0.05, 0.1) is 24.6 Å². The third-order valence-electron chi connectivity index (χ3n) is 5.10. The van der Waals surface area contributed by atoms with Crippen LogP contribution in [0, 0.1) is 6.92 Å². The van der Waals surface area contributed by atoms with Crippen LogP contribution in [0.2, 0.25) is 0 Å². The second kappa shape index (κ2) is 8.28. The second-order valence-corrected chi connectivity index (χ2v) is 10.2. The predicted octanol–water partition coefficient (Wildman–Crippen LogP) is 3.04. The zero-order chi connectivity index (χ0) is 22.1. The maximum atomic E-state index is 12.8. The standard InChI is InChI=1S/C22H28N2O5S/c1-15-6-9-17(10-7-15)30(26,27)24(4)14-21(25)23-19-13-22(2,3)29-20-11-8-16(28-5)12-18(19)20/h6-12,19H,13-14H2,1-5H3,(H,23,25)/t19-/m1/s1. The molecule has 1 aliphatic rings. The summed E-state index contributed by atoms with van der Waals surface area (Å²) in [4.78, 5) is 12.9. The van der Waals surface area contributed by atoms with Crippen LogP contribution in [0.4, 0.5) is 0 Å². The fourth-order valence-corrected chi connectivity index (χ4v) is 4.63. The van der Waals surface area contributed by atoms with E-state index in [0.29, 0.717) is 17.9 Å². The molecule has 8 heteroatoms. The van der Waals surface area contributed by atoms with Crippen LogP contribution in [0.15, 0.2) is 47.4 Å². The van der Waals surface area contributed by atoms with E-state index < -0.39 is 15.6 Å². The summed E-state index contributed by atoms with van der Waals surface area (Å²) in [6.45, 7) is 5.50. The molecule has 0 saturated carbocycles. The van der Waals surface area contributed by atoms with Crippen molar-refractivity contribution in [3.05, 3.63) is 53.6 Å². The van der Waals surface area contributed by atoms with Gasteiger partial charge in [-0.1, -0.05) is 17.7 Å². The van der Waals surface area contributed by atoms with Gasteiger partial charge in [0.1, 0.15) is 17.1 Å². The lowest BCUT2D eigenvalue weighted by molar-refractivity contribution is -0.122. The Morgan fingerprint density at radius 1 is 1.23 bits per heavy atom. The molecular formula is C22H28N2O5S. The zero-order valence-corrected chi connectivity index (χ0v) is 18.7. The van der Waals surface area contributed by atoms with E-state index in [1.807, 2.05) is 32.9 Å². The van der Waals surface area contributed by atoms with Crippen molar-refractivity contribution < 1.29 is 22.7 Å². The number of fused-ring (bicyclic) bond motifs is 1. The van der Waals surface area contributed by atoms with E-state index in [1.165, 1.54) is 7.05 Å². The van der Waals surface area contributed by atoms with Gasteiger partial charge in [0.2, 0.25) is 15.9 Å². The number of aryl methyl sites for hydroxylation is 1. The molecule has 0 saturated heterocycles. The highest BCUT2D eigenvalue weighted by atomic mass is 32.2. The van der Waals surface area contributed by atoms with E-state index in [2.05, 4.69) is 5.32 Å². The molecule has 162 valence electrons. The average Bonchev–Trinajstić information content (AvgIpc) is 2.67. The second-order valence-electron chi connectivity index (χ2n) is 8.16. The minimum absolute atomic E-state index is 0.158. The average molecular weight is 433 g/mol. The molecule has 1 amide bonds. The van der Waals surface area contributed by atoms with Crippen molar-refractivity contribution in [2.24, 2.45) is 0 Å². The van der Waals surface area contributed by atoms with Crippen LogP contribution >= 0.6 is 0 Å². The molecule has 0 unspecified atom stereocenters. The lowest BCUT2D eigenvalue weighted by atomic mass is 9.89. The smallest absolute Gasteiger partial charge is 0.243 e. The lowest BCUT2D eigenvalue weighted by Crippen LogP contribution is -2.44. The van der Waals surface area contributed by atoms with Crippen LogP contribution < -0.4 is 14.8 Å². The van der Waals surface area contributed by atoms with Gasteiger partial charge in [-0.05, 0) is 51.1 Å². The molecule has 2 aromatic rings. The highest BCUT2D eigenvalue weighted by Gasteiger charge is 2.35.